The average Bonchev–Trinajstić information content (AvgIpc) is 3.12. The van der Waals surface area contributed by atoms with Gasteiger partial charge < -0.3 is 14.8 Å². The minimum atomic E-state index is -0.318. The first-order chi connectivity index (χ1) is 11.7. The van der Waals surface area contributed by atoms with Crippen molar-refractivity contribution in [1.82, 2.24) is 10.9 Å². The normalized spacial score (nSPS) is 19.8. The molecule has 3 rings (SSSR count). The minimum Gasteiger partial charge on any atom is -0.497 e. The summed E-state index contributed by atoms with van der Waals surface area (Å²) in [5.74, 6) is 1.40. The molecule has 1 aliphatic heterocycles. The molecule has 1 fully saturated rings. The van der Waals surface area contributed by atoms with Crippen LogP contribution >= 0.6 is 0 Å². The maximum Gasteiger partial charge on any atom is 0.242 e. The monoisotopic (exact) mass is 327 g/mol. The molecule has 2 aromatic rings. The lowest BCUT2D eigenvalue weighted by atomic mass is 10.0. The number of carbonyl (C=O) groups is 1. The van der Waals surface area contributed by atoms with Crippen molar-refractivity contribution in [2.75, 3.05) is 19.5 Å². The van der Waals surface area contributed by atoms with Crippen LogP contribution in [0.3, 0.4) is 0 Å². The number of ether oxygens (including phenoxy) is 2. The van der Waals surface area contributed by atoms with Crippen LogP contribution < -0.4 is 25.6 Å². The van der Waals surface area contributed by atoms with E-state index in [4.69, 9.17) is 9.47 Å². The smallest absolute Gasteiger partial charge is 0.242 e. The summed E-state index contributed by atoms with van der Waals surface area (Å²) >= 11 is 0. The fourth-order valence-electron chi connectivity index (χ4n) is 2.79. The molecule has 2 unspecified atom stereocenters. The Labute approximate surface area is 141 Å². The molecule has 1 amide bonds. The fourth-order valence-corrected chi connectivity index (χ4v) is 2.79. The predicted octanol–water partition coefficient (Wildman–Crippen LogP) is 2.25. The summed E-state index contributed by atoms with van der Waals surface area (Å²) in [6.07, 6.45) is 0.626. The number of carbonyl (C=O) groups excluding carboxylic acids is 1. The third kappa shape index (κ3) is 3.50. The molecule has 24 heavy (non-hydrogen) atoms. The van der Waals surface area contributed by atoms with Gasteiger partial charge in [-0.1, -0.05) is 24.3 Å². The molecule has 1 saturated heterocycles. The largest absolute Gasteiger partial charge is 0.497 e. The van der Waals surface area contributed by atoms with Crippen LogP contribution in [0.5, 0.6) is 11.5 Å². The SMILES string of the molecule is COc1ccc(C2CC(C(=O)Nc3ccccc3)NN2)c(OC)c1. The molecule has 2 atom stereocenters. The number of hydrazine groups is 1. The van der Waals surface area contributed by atoms with Crippen molar-refractivity contribution >= 4 is 11.6 Å². The summed E-state index contributed by atoms with van der Waals surface area (Å²) in [7, 11) is 3.24. The topological polar surface area (TPSA) is 71.6 Å². The highest BCUT2D eigenvalue weighted by Crippen LogP contribution is 2.33. The van der Waals surface area contributed by atoms with Gasteiger partial charge in [-0.15, -0.1) is 0 Å². The van der Waals surface area contributed by atoms with Crippen molar-refractivity contribution in [1.29, 1.82) is 0 Å². The van der Waals surface area contributed by atoms with E-state index in [1.54, 1.807) is 14.2 Å². The van der Waals surface area contributed by atoms with Crippen LogP contribution in [0.15, 0.2) is 48.5 Å². The van der Waals surface area contributed by atoms with Gasteiger partial charge in [-0.25, -0.2) is 10.9 Å². The molecule has 0 saturated carbocycles. The molecule has 0 spiro atoms. The van der Waals surface area contributed by atoms with Gasteiger partial charge in [0.1, 0.15) is 17.5 Å². The zero-order valence-electron chi connectivity index (χ0n) is 13.7. The van der Waals surface area contributed by atoms with E-state index in [1.807, 2.05) is 48.5 Å². The van der Waals surface area contributed by atoms with Crippen LogP contribution in [0.4, 0.5) is 5.69 Å². The fraction of sp³-hybridized carbons (Fsp3) is 0.278. The highest BCUT2D eigenvalue weighted by atomic mass is 16.5. The predicted molar refractivity (Wildman–Crippen MR) is 92.0 cm³/mol. The third-order valence-electron chi connectivity index (χ3n) is 4.08. The molecule has 6 nitrogen and oxygen atoms in total. The van der Waals surface area contributed by atoms with Gasteiger partial charge in [0.05, 0.1) is 20.3 Å². The number of para-hydroxylation sites is 1. The van der Waals surface area contributed by atoms with Crippen LogP contribution in [-0.2, 0) is 4.79 Å². The third-order valence-corrected chi connectivity index (χ3v) is 4.08. The number of benzene rings is 2. The summed E-state index contributed by atoms with van der Waals surface area (Å²) < 4.78 is 10.7. The molecule has 1 heterocycles. The summed E-state index contributed by atoms with van der Waals surface area (Å²) in [5.41, 5.74) is 8.00. The number of nitrogens with one attached hydrogen (secondary N) is 3. The summed E-state index contributed by atoms with van der Waals surface area (Å²) in [5, 5.41) is 2.91. The second-order valence-electron chi connectivity index (χ2n) is 5.59. The molecule has 0 aliphatic carbocycles. The van der Waals surface area contributed by atoms with E-state index in [9.17, 15) is 4.79 Å². The Morgan fingerprint density at radius 2 is 1.88 bits per heavy atom. The first-order valence-corrected chi connectivity index (χ1v) is 7.80. The quantitative estimate of drug-likeness (QED) is 0.786. The van der Waals surface area contributed by atoms with Gasteiger partial charge in [-0.05, 0) is 24.6 Å². The molecule has 126 valence electrons. The van der Waals surface area contributed by atoms with E-state index in [0.717, 1.165) is 22.7 Å². The van der Waals surface area contributed by atoms with Crippen molar-refractivity contribution in [2.24, 2.45) is 0 Å². The first-order valence-electron chi connectivity index (χ1n) is 7.80. The van der Waals surface area contributed by atoms with E-state index >= 15 is 0 Å². The van der Waals surface area contributed by atoms with Crippen molar-refractivity contribution in [3.63, 3.8) is 0 Å². The van der Waals surface area contributed by atoms with Gasteiger partial charge in [0, 0.05) is 17.3 Å². The Kier molecular flexibility index (Phi) is 4.98. The van der Waals surface area contributed by atoms with Crippen molar-refractivity contribution in [2.45, 2.75) is 18.5 Å². The van der Waals surface area contributed by atoms with Crippen molar-refractivity contribution in [3.05, 3.63) is 54.1 Å². The second kappa shape index (κ2) is 7.33. The second-order valence-corrected chi connectivity index (χ2v) is 5.59. The van der Waals surface area contributed by atoms with E-state index in [-0.39, 0.29) is 18.0 Å². The average molecular weight is 327 g/mol. The molecular weight excluding hydrogens is 306 g/mol. The maximum absolute atomic E-state index is 12.4. The van der Waals surface area contributed by atoms with Gasteiger partial charge in [-0.2, -0.15) is 0 Å². The maximum atomic E-state index is 12.4. The Bertz CT molecular complexity index is 706. The van der Waals surface area contributed by atoms with Crippen LogP contribution in [0.1, 0.15) is 18.0 Å². The standard InChI is InChI=1S/C18H21N3O3/c1-23-13-8-9-14(17(10-13)24-2)15-11-16(21-20-15)18(22)19-12-6-4-3-5-7-12/h3-10,15-16,20-21H,11H2,1-2H3,(H,19,22). The molecule has 1 aliphatic rings. The minimum absolute atomic E-state index is 0.0163. The summed E-state index contributed by atoms with van der Waals surface area (Å²) in [6, 6.07) is 14.8. The molecule has 0 radical (unpaired) electrons. The van der Waals surface area contributed by atoms with E-state index in [0.29, 0.717) is 6.42 Å². The van der Waals surface area contributed by atoms with Gasteiger partial charge in [0.15, 0.2) is 0 Å². The Morgan fingerprint density at radius 1 is 1.08 bits per heavy atom. The zero-order valence-corrected chi connectivity index (χ0v) is 13.7. The molecule has 0 aromatic heterocycles. The highest BCUT2D eigenvalue weighted by Gasteiger charge is 2.31. The van der Waals surface area contributed by atoms with Gasteiger partial charge in [0.25, 0.3) is 0 Å². The Morgan fingerprint density at radius 3 is 2.58 bits per heavy atom. The zero-order chi connectivity index (χ0) is 16.9. The lowest BCUT2D eigenvalue weighted by molar-refractivity contribution is -0.117. The first kappa shape index (κ1) is 16.3. The molecule has 2 aromatic carbocycles. The van der Waals surface area contributed by atoms with Gasteiger partial charge in [-0.3, -0.25) is 4.79 Å². The van der Waals surface area contributed by atoms with Crippen LogP contribution in [0, 0.1) is 0 Å². The summed E-state index contributed by atoms with van der Waals surface area (Å²) in [6.45, 7) is 0. The Balaban J connectivity index is 1.68. The summed E-state index contributed by atoms with van der Waals surface area (Å²) in [4.78, 5) is 12.4. The van der Waals surface area contributed by atoms with Gasteiger partial charge >= 0.3 is 0 Å². The van der Waals surface area contributed by atoms with Crippen LogP contribution in [0.25, 0.3) is 0 Å². The van der Waals surface area contributed by atoms with E-state index < -0.39 is 0 Å². The lowest BCUT2D eigenvalue weighted by Crippen LogP contribution is -2.39. The number of hydrogen-bond donors (Lipinski definition) is 3. The molecular formula is C18H21N3O3. The number of methoxy groups -OCH3 is 2. The number of anilines is 1. The van der Waals surface area contributed by atoms with Crippen LogP contribution in [-0.4, -0.2) is 26.2 Å². The molecule has 6 heteroatoms. The number of rotatable bonds is 5. The van der Waals surface area contributed by atoms with Crippen LogP contribution in [0.2, 0.25) is 0 Å². The van der Waals surface area contributed by atoms with E-state index in [1.165, 1.54) is 0 Å². The van der Waals surface area contributed by atoms with Crippen molar-refractivity contribution in [3.8, 4) is 11.5 Å². The lowest BCUT2D eigenvalue weighted by Gasteiger charge is -2.15. The van der Waals surface area contributed by atoms with Crippen molar-refractivity contribution < 1.29 is 14.3 Å². The number of hydrogen-bond acceptors (Lipinski definition) is 5. The number of amides is 1. The van der Waals surface area contributed by atoms with E-state index in [2.05, 4.69) is 16.2 Å². The molecule has 3 N–H and O–H groups in total. The molecule has 0 bridgehead atoms. The van der Waals surface area contributed by atoms with Gasteiger partial charge in [0.2, 0.25) is 5.91 Å². The Hall–Kier alpha value is -2.57. The highest BCUT2D eigenvalue weighted by molar-refractivity contribution is 5.95.